The van der Waals surface area contributed by atoms with Crippen LogP contribution in [0.4, 0.5) is 5.69 Å². The highest BCUT2D eigenvalue weighted by Gasteiger charge is 2.16. The number of hydrogen-bond acceptors (Lipinski definition) is 6. The van der Waals surface area contributed by atoms with Gasteiger partial charge >= 0.3 is 5.97 Å². The van der Waals surface area contributed by atoms with Gasteiger partial charge in [-0.25, -0.2) is 4.79 Å². The number of anilines is 1. The smallest absolute Gasteiger partial charge is 0.374 e. The average molecular weight is 421 g/mol. The van der Waals surface area contributed by atoms with Gasteiger partial charge in [0.15, 0.2) is 12.4 Å². The minimum Gasteiger partial charge on any atom is -0.486 e. The predicted octanol–water partition coefficient (Wildman–Crippen LogP) is 4.49. The number of ether oxygens (including phenoxy) is 2. The Morgan fingerprint density at radius 1 is 0.935 bits per heavy atom. The number of para-hydroxylation sites is 1. The van der Waals surface area contributed by atoms with E-state index in [0.29, 0.717) is 22.8 Å². The second-order valence-electron chi connectivity index (χ2n) is 7.09. The van der Waals surface area contributed by atoms with Gasteiger partial charge in [-0.05, 0) is 48.5 Å². The van der Waals surface area contributed by atoms with E-state index in [4.69, 9.17) is 13.9 Å². The fourth-order valence-corrected chi connectivity index (χ4v) is 2.55. The summed E-state index contributed by atoms with van der Waals surface area (Å²) in [5, 5.41) is 2.74. The van der Waals surface area contributed by atoms with Crippen molar-refractivity contribution in [2.45, 2.75) is 20.5 Å². The first-order valence-electron chi connectivity index (χ1n) is 9.80. The molecule has 1 aromatic heterocycles. The number of Topliss-reactive ketones (excluding diaryl/α,β-unsaturated/α-hetero) is 1. The lowest BCUT2D eigenvalue weighted by molar-refractivity contribution is -0.118. The van der Waals surface area contributed by atoms with Gasteiger partial charge in [0.2, 0.25) is 11.7 Å². The van der Waals surface area contributed by atoms with Crippen LogP contribution < -0.4 is 10.1 Å². The lowest BCUT2D eigenvalue weighted by Gasteiger charge is -2.08. The number of esters is 1. The van der Waals surface area contributed by atoms with Crippen LogP contribution in [-0.2, 0) is 16.1 Å². The number of nitrogens with one attached hydrogen (secondary N) is 1. The summed E-state index contributed by atoms with van der Waals surface area (Å²) in [6, 6.07) is 18.7. The Labute approximate surface area is 180 Å². The number of hydrogen-bond donors (Lipinski definition) is 1. The summed E-state index contributed by atoms with van der Waals surface area (Å²) < 4.78 is 16.0. The molecule has 3 rings (SSSR count). The molecule has 0 saturated heterocycles. The largest absolute Gasteiger partial charge is 0.486 e. The van der Waals surface area contributed by atoms with Crippen LogP contribution in [0.3, 0.4) is 0 Å². The molecular formula is C24H23NO6. The second kappa shape index (κ2) is 10.2. The van der Waals surface area contributed by atoms with Crippen molar-refractivity contribution in [3.63, 3.8) is 0 Å². The summed E-state index contributed by atoms with van der Waals surface area (Å²) in [6.07, 6.45) is 0. The molecule has 0 atom stereocenters. The maximum atomic E-state index is 12.3. The predicted molar refractivity (Wildman–Crippen MR) is 114 cm³/mol. The molecule has 1 N–H and O–H groups in total. The molecule has 0 aliphatic carbocycles. The van der Waals surface area contributed by atoms with Crippen LogP contribution in [0, 0.1) is 5.92 Å². The number of rotatable bonds is 9. The zero-order valence-electron chi connectivity index (χ0n) is 17.3. The molecule has 0 bridgehead atoms. The lowest BCUT2D eigenvalue weighted by Crippen LogP contribution is -2.18. The average Bonchev–Trinajstić information content (AvgIpc) is 3.26. The van der Waals surface area contributed by atoms with Gasteiger partial charge in [0.25, 0.3) is 0 Å². The van der Waals surface area contributed by atoms with Crippen molar-refractivity contribution in [2.75, 3.05) is 11.9 Å². The SMILES string of the molecule is CC(C)C(=O)Nc1ccc(C(=O)COC(=O)c2ccc(COc3ccccc3)o2)cc1. The molecule has 0 radical (unpaired) electrons. The highest BCUT2D eigenvalue weighted by atomic mass is 16.5. The van der Waals surface area contributed by atoms with Crippen molar-refractivity contribution in [2.24, 2.45) is 5.92 Å². The van der Waals surface area contributed by atoms with Crippen LogP contribution >= 0.6 is 0 Å². The Morgan fingerprint density at radius 3 is 2.32 bits per heavy atom. The molecule has 0 aliphatic rings. The molecule has 31 heavy (non-hydrogen) atoms. The van der Waals surface area contributed by atoms with Gasteiger partial charge in [-0.3, -0.25) is 9.59 Å². The Balaban J connectivity index is 1.48. The van der Waals surface area contributed by atoms with E-state index in [0.717, 1.165) is 0 Å². The van der Waals surface area contributed by atoms with Crippen LogP contribution in [0.2, 0.25) is 0 Å². The third-order valence-electron chi connectivity index (χ3n) is 4.32. The zero-order valence-corrected chi connectivity index (χ0v) is 17.3. The molecule has 0 fully saturated rings. The van der Waals surface area contributed by atoms with Gasteiger partial charge in [0, 0.05) is 17.2 Å². The fraction of sp³-hybridized carbons (Fsp3) is 0.208. The zero-order chi connectivity index (χ0) is 22.2. The second-order valence-corrected chi connectivity index (χ2v) is 7.09. The van der Waals surface area contributed by atoms with E-state index in [2.05, 4.69) is 5.32 Å². The number of amides is 1. The third-order valence-corrected chi connectivity index (χ3v) is 4.32. The summed E-state index contributed by atoms with van der Waals surface area (Å²) in [5.74, 6) is -0.224. The standard InChI is InChI=1S/C24H23NO6/c1-16(2)23(27)25-18-10-8-17(9-11-18)21(26)15-30-24(28)22-13-12-20(31-22)14-29-19-6-4-3-5-7-19/h3-13,16H,14-15H2,1-2H3,(H,25,27). The third kappa shape index (κ3) is 6.30. The number of carbonyl (C=O) groups is 3. The van der Waals surface area contributed by atoms with Crippen molar-refractivity contribution < 1.29 is 28.3 Å². The molecule has 0 unspecified atom stereocenters. The van der Waals surface area contributed by atoms with Crippen molar-refractivity contribution >= 4 is 23.3 Å². The first-order valence-corrected chi connectivity index (χ1v) is 9.80. The van der Waals surface area contributed by atoms with E-state index in [1.807, 2.05) is 30.3 Å². The number of furan rings is 1. The van der Waals surface area contributed by atoms with Crippen LogP contribution in [0.25, 0.3) is 0 Å². The summed E-state index contributed by atoms with van der Waals surface area (Å²) >= 11 is 0. The molecule has 160 valence electrons. The van der Waals surface area contributed by atoms with Gasteiger partial charge in [-0.1, -0.05) is 32.0 Å². The minimum absolute atomic E-state index is 0.00814. The molecule has 1 amide bonds. The molecule has 0 aliphatic heterocycles. The van der Waals surface area contributed by atoms with Crippen molar-refractivity contribution in [3.8, 4) is 5.75 Å². The maximum absolute atomic E-state index is 12.3. The minimum atomic E-state index is -0.736. The van der Waals surface area contributed by atoms with Gasteiger partial charge in [0.1, 0.15) is 18.1 Å². The Hall–Kier alpha value is -3.87. The molecule has 7 heteroatoms. The molecular weight excluding hydrogens is 398 g/mol. The van der Waals surface area contributed by atoms with Gasteiger partial charge in [-0.15, -0.1) is 0 Å². The summed E-state index contributed by atoms with van der Waals surface area (Å²) in [6.45, 7) is 3.32. The van der Waals surface area contributed by atoms with E-state index in [9.17, 15) is 14.4 Å². The van der Waals surface area contributed by atoms with Crippen LogP contribution in [-0.4, -0.2) is 24.3 Å². The first kappa shape index (κ1) is 21.8. The van der Waals surface area contributed by atoms with E-state index in [1.165, 1.54) is 6.07 Å². The van der Waals surface area contributed by atoms with Crippen molar-refractivity contribution in [1.82, 2.24) is 0 Å². The van der Waals surface area contributed by atoms with Crippen LogP contribution in [0.15, 0.2) is 71.1 Å². The van der Waals surface area contributed by atoms with E-state index in [1.54, 1.807) is 44.2 Å². The molecule has 1 heterocycles. The van der Waals surface area contributed by atoms with Crippen molar-refractivity contribution in [1.29, 1.82) is 0 Å². The van der Waals surface area contributed by atoms with Crippen LogP contribution in [0.1, 0.15) is 40.5 Å². The highest BCUT2D eigenvalue weighted by Crippen LogP contribution is 2.15. The Kier molecular flexibility index (Phi) is 7.22. The Morgan fingerprint density at radius 2 is 1.65 bits per heavy atom. The molecule has 3 aromatic rings. The summed E-state index contributed by atoms with van der Waals surface area (Å²) in [7, 11) is 0. The Bertz CT molecular complexity index is 1040. The fourth-order valence-electron chi connectivity index (χ4n) is 2.55. The highest BCUT2D eigenvalue weighted by molar-refractivity contribution is 5.99. The van der Waals surface area contributed by atoms with Gasteiger partial charge < -0.3 is 19.2 Å². The number of benzene rings is 2. The molecule has 7 nitrogen and oxygen atoms in total. The summed E-state index contributed by atoms with van der Waals surface area (Å²) in [5.41, 5.74) is 0.958. The number of carbonyl (C=O) groups excluding carboxylic acids is 3. The number of ketones is 1. The van der Waals surface area contributed by atoms with Gasteiger partial charge in [-0.2, -0.15) is 0 Å². The van der Waals surface area contributed by atoms with Crippen LogP contribution in [0.5, 0.6) is 5.75 Å². The normalized spacial score (nSPS) is 10.5. The maximum Gasteiger partial charge on any atom is 0.374 e. The van der Waals surface area contributed by atoms with E-state index >= 15 is 0 Å². The van der Waals surface area contributed by atoms with E-state index < -0.39 is 12.6 Å². The quantitative estimate of drug-likeness (QED) is 0.404. The topological polar surface area (TPSA) is 94.8 Å². The first-order chi connectivity index (χ1) is 14.9. The molecule has 2 aromatic carbocycles. The van der Waals surface area contributed by atoms with Crippen molar-refractivity contribution in [3.05, 3.63) is 83.8 Å². The lowest BCUT2D eigenvalue weighted by atomic mass is 10.1. The monoisotopic (exact) mass is 421 g/mol. The van der Waals surface area contributed by atoms with Gasteiger partial charge in [0.05, 0.1) is 0 Å². The van der Waals surface area contributed by atoms with E-state index in [-0.39, 0.29) is 30.0 Å². The molecule has 0 spiro atoms. The summed E-state index contributed by atoms with van der Waals surface area (Å²) in [4.78, 5) is 36.1. The molecule has 0 saturated carbocycles.